The normalized spacial score (nSPS) is 10.9. The van der Waals surface area contributed by atoms with Gasteiger partial charge < -0.3 is 5.32 Å². The van der Waals surface area contributed by atoms with Gasteiger partial charge in [0.25, 0.3) is 5.91 Å². The Morgan fingerprint density at radius 1 is 0.842 bits per heavy atom. The highest BCUT2D eigenvalue weighted by Crippen LogP contribution is 2.30. The summed E-state index contributed by atoms with van der Waals surface area (Å²) in [6.45, 7) is 2.70. The average Bonchev–Trinajstić information content (AvgIpc) is 2.92. The predicted molar refractivity (Wildman–Crippen MR) is 162 cm³/mol. The van der Waals surface area contributed by atoms with Crippen LogP contribution in [-0.4, -0.2) is 5.91 Å². The fraction of sp³-hybridized carbons (Fsp3) is 0.212. The maximum Gasteiger partial charge on any atom is 0.251 e. The Labute approximate surface area is 241 Å². The standard InChI is InChI=1S/C33H31Br2FNO/c1-2-3-4-6-23-9-11-25(12-10-23)22-37-33(38)28-20-31(34)30(32(35)21-28)18-13-24-7-5-8-27(19-24)26-14-16-29(36)17-15-26/h5,7-17,19-21H,2-4,6,18,22H2,1H3,(H,37,38). The van der Waals surface area contributed by atoms with E-state index >= 15 is 0 Å². The van der Waals surface area contributed by atoms with Crippen LogP contribution in [0.5, 0.6) is 0 Å². The Morgan fingerprint density at radius 3 is 2.21 bits per heavy atom. The molecule has 0 aliphatic rings. The first-order valence-electron chi connectivity index (χ1n) is 13.0. The van der Waals surface area contributed by atoms with Crippen molar-refractivity contribution in [3.63, 3.8) is 0 Å². The summed E-state index contributed by atoms with van der Waals surface area (Å²) in [5.74, 6) is -0.351. The van der Waals surface area contributed by atoms with E-state index in [-0.39, 0.29) is 11.7 Å². The summed E-state index contributed by atoms with van der Waals surface area (Å²) in [5, 5.41) is 3.03. The van der Waals surface area contributed by atoms with E-state index < -0.39 is 0 Å². The number of hydrogen-bond donors (Lipinski definition) is 1. The van der Waals surface area contributed by atoms with Gasteiger partial charge in [0.1, 0.15) is 5.82 Å². The number of rotatable bonds is 11. The zero-order valence-corrected chi connectivity index (χ0v) is 24.6. The molecule has 0 heterocycles. The predicted octanol–water partition coefficient (Wildman–Crippen LogP) is 9.48. The third-order valence-electron chi connectivity index (χ3n) is 6.55. The van der Waals surface area contributed by atoms with Crippen LogP contribution in [0.4, 0.5) is 4.39 Å². The van der Waals surface area contributed by atoms with Crippen LogP contribution in [0.1, 0.15) is 58.8 Å². The molecule has 0 aliphatic carbocycles. The maximum absolute atomic E-state index is 13.3. The summed E-state index contributed by atoms with van der Waals surface area (Å²) >= 11 is 7.32. The molecular weight excluding hydrogens is 605 g/mol. The van der Waals surface area contributed by atoms with Crippen molar-refractivity contribution in [1.82, 2.24) is 5.32 Å². The number of carbonyl (C=O) groups is 1. The molecule has 4 aromatic rings. The second-order valence-electron chi connectivity index (χ2n) is 9.42. The number of benzene rings is 4. The maximum atomic E-state index is 13.3. The van der Waals surface area contributed by atoms with E-state index in [1.54, 1.807) is 12.1 Å². The van der Waals surface area contributed by atoms with Gasteiger partial charge in [0.05, 0.1) is 0 Å². The van der Waals surface area contributed by atoms with Crippen molar-refractivity contribution in [1.29, 1.82) is 0 Å². The van der Waals surface area contributed by atoms with E-state index in [0.717, 1.165) is 43.2 Å². The van der Waals surface area contributed by atoms with Crippen molar-refractivity contribution in [2.45, 2.75) is 45.6 Å². The van der Waals surface area contributed by atoms with Crippen molar-refractivity contribution in [2.75, 3.05) is 0 Å². The van der Waals surface area contributed by atoms with Gasteiger partial charge in [-0.15, -0.1) is 0 Å². The lowest BCUT2D eigenvalue weighted by molar-refractivity contribution is 0.0950. The molecule has 0 aliphatic heterocycles. The minimum absolute atomic E-state index is 0.110. The van der Waals surface area contributed by atoms with Gasteiger partial charge in [-0.05, 0) is 83.3 Å². The summed E-state index contributed by atoms with van der Waals surface area (Å²) in [4.78, 5) is 12.9. The summed E-state index contributed by atoms with van der Waals surface area (Å²) in [5.41, 5.74) is 7.18. The van der Waals surface area contributed by atoms with E-state index in [1.807, 2.05) is 30.3 Å². The molecule has 5 heteroatoms. The quantitative estimate of drug-likeness (QED) is 0.163. The van der Waals surface area contributed by atoms with Gasteiger partial charge in [-0.2, -0.15) is 0 Å². The molecule has 0 unspecified atom stereocenters. The van der Waals surface area contributed by atoms with Gasteiger partial charge in [-0.3, -0.25) is 4.79 Å². The van der Waals surface area contributed by atoms with Gasteiger partial charge in [0.2, 0.25) is 0 Å². The van der Waals surface area contributed by atoms with E-state index in [4.69, 9.17) is 0 Å². The number of halogens is 3. The largest absolute Gasteiger partial charge is 0.348 e. The summed E-state index contributed by atoms with van der Waals surface area (Å²) in [7, 11) is 0. The number of unbranched alkanes of at least 4 members (excludes halogenated alkanes) is 2. The van der Waals surface area contributed by atoms with E-state index in [2.05, 4.69) is 80.9 Å². The Morgan fingerprint density at radius 2 is 1.53 bits per heavy atom. The minimum atomic E-state index is -0.241. The van der Waals surface area contributed by atoms with Crippen LogP contribution in [0.3, 0.4) is 0 Å². The highest BCUT2D eigenvalue weighted by Gasteiger charge is 2.13. The molecule has 0 saturated heterocycles. The Kier molecular flexibility index (Phi) is 10.3. The molecule has 4 rings (SSSR count). The molecule has 0 saturated carbocycles. The van der Waals surface area contributed by atoms with Crippen LogP contribution in [0, 0.1) is 12.2 Å². The summed E-state index contributed by atoms with van der Waals surface area (Å²) < 4.78 is 15.0. The third kappa shape index (κ3) is 7.87. The van der Waals surface area contributed by atoms with Gasteiger partial charge in [0, 0.05) is 21.1 Å². The highest BCUT2D eigenvalue weighted by atomic mass is 79.9. The Hall–Kier alpha value is -2.76. The molecule has 0 fully saturated rings. The average molecular weight is 636 g/mol. The van der Waals surface area contributed by atoms with Gasteiger partial charge in [0.15, 0.2) is 0 Å². The molecule has 0 atom stereocenters. The van der Waals surface area contributed by atoms with Crippen LogP contribution in [0.2, 0.25) is 0 Å². The van der Waals surface area contributed by atoms with Gasteiger partial charge in [-0.25, -0.2) is 4.39 Å². The molecule has 0 spiro atoms. The highest BCUT2D eigenvalue weighted by molar-refractivity contribution is 9.11. The SMILES string of the molecule is CCCCCc1ccc(CNC(=O)c2cc(Br)c(C[CH]c3cccc(-c4ccc(F)cc4)c3)c(Br)c2)cc1. The molecule has 195 valence electrons. The van der Waals surface area contributed by atoms with Crippen molar-refractivity contribution < 1.29 is 9.18 Å². The smallest absolute Gasteiger partial charge is 0.251 e. The van der Waals surface area contributed by atoms with Crippen molar-refractivity contribution >= 4 is 37.8 Å². The Bertz CT molecular complexity index is 1340. The monoisotopic (exact) mass is 634 g/mol. The lowest BCUT2D eigenvalue weighted by Crippen LogP contribution is -2.23. The molecule has 1 radical (unpaired) electrons. The molecular formula is C33H31Br2FNO. The number of hydrogen-bond acceptors (Lipinski definition) is 1. The molecule has 2 nitrogen and oxygen atoms in total. The van der Waals surface area contributed by atoms with E-state index in [9.17, 15) is 9.18 Å². The first-order valence-corrected chi connectivity index (χ1v) is 14.5. The zero-order valence-electron chi connectivity index (χ0n) is 21.4. The number of amides is 1. The number of aryl methyl sites for hydroxylation is 1. The fourth-order valence-electron chi connectivity index (χ4n) is 4.32. The summed E-state index contributed by atoms with van der Waals surface area (Å²) in [6.07, 6.45) is 7.62. The second-order valence-corrected chi connectivity index (χ2v) is 11.1. The van der Waals surface area contributed by atoms with E-state index in [0.29, 0.717) is 18.5 Å². The minimum Gasteiger partial charge on any atom is -0.348 e. The first kappa shape index (κ1) is 28.3. The second kappa shape index (κ2) is 13.9. The molecule has 1 amide bonds. The van der Waals surface area contributed by atoms with Crippen molar-refractivity contribution in [3.8, 4) is 11.1 Å². The topological polar surface area (TPSA) is 29.1 Å². The third-order valence-corrected chi connectivity index (χ3v) is 7.97. The zero-order chi connectivity index (χ0) is 26.9. The fourth-order valence-corrected chi connectivity index (χ4v) is 5.83. The van der Waals surface area contributed by atoms with Crippen LogP contribution in [0.15, 0.2) is 93.9 Å². The molecule has 38 heavy (non-hydrogen) atoms. The Balaban J connectivity index is 1.35. The molecule has 4 aromatic carbocycles. The number of nitrogens with one attached hydrogen (secondary N) is 1. The number of carbonyl (C=O) groups excluding carboxylic acids is 1. The lowest BCUT2D eigenvalue weighted by Gasteiger charge is -2.12. The van der Waals surface area contributed by atoms with Crippen LogP contribution < -0.4 is 5.32 Å². The van der Waals surface area contributed by atoms with Crippen molar-refractivity contribution in [3.05, 3.63) is 134 Å². The van der Waals surface area contributed by atoms with Crippen LogP contribution >= 0.6 is 31.9 Å². The van der Waals surface area contributed by atoms with Crippen molar-refractivity contribution in [2.24, 2.45) is 0 Å². The molecule has 1 N–H and O–H groups in total. The van der Waals surface area contributed by atoms with Crippen LogP contribution in [-0.2, 0) is 19.4 Å². The van der Waals surface area contributed by atoms with Gasteiger partial charge >= 0.3 is 0 Å². The lowest BCUT2D eigenvalue weighted by atomic mass is 9.99. The molecule has 0 aromatic heterocycles. The van der Waals surface area contributed by atoms with Crippen LogP contribution in [0.25, 0.3) is 11.1 Å². The first-order chi connectivity index (χ1) is 18.4. The summed E-state index contributed by atoms with van der Waals surface area (Å²) in [6, 6.07) is 26.9. The van der Waals surface area contributed by atoms with Gasteiger partial charge in [-0.1, -0.05) is 112 Å². The van der Waals surface area contributed by atoms with E-state index in [1.165, 1.54) is 37.0 Å². The molecule has 0 bridgehead atoms.